The Balaban J connectivity index is 1.67. The van der Waals surface area contributed by atoms with Crippen LogP contribution < -0.4 is 5.56 Å². The molecule has 0 spiro atoms. The van der Waals surface area contributed by atoms with Crippen LogP contribution in [0.2, 0.25) is 5.02 Å². The molecule has 0 aliphatic carbocycles. The van der Waals surface area contributed by atoms with E-state index >= 15 is 0 Å². The van der Waals surface area contributed by atoms with Crippen molar-refractivity contribution in [1.82, 2.24) is 14.9 Å². The molecule has 1 aliphatic rings. The molecule has 2 aromatic heterocycles. The SMILES string of the molecule is C[C@H]1CCCN(Cc2nc3scc(-c4ccc(Cl)cc4)c3c(=O)[nH]2)C1. The summed E-state index contributed by atoms with van der Waals surface area (Å²) in [7, 11) is 0. The highest BCUT2D eigenvalue weighted by molar-refractivity contribution is 7.17. The van der Waals surface area contributed by atoms with Crippen molar-refractivity contribution in [2.24, 2.45) is 5.92 Å². The van der Waals surface area contributed by atoms with E-state index in [2.05, 4.69) is 16.8 Å². The summed E-state index contributed by atoms with van der Waals surface area (Å²) in [6.45, 7) is 5.14. The molecule has 0 unspecified atom stereocenters. The maximum atomic E-state index is 12.7. The molecule has 1 atom stereocenters. The summed E-state index contributed by atoms with van der Waals surface area (Å²) in [6, 6.07) is 7.56. The zero-order valence-corrected chi connectivity index (χ0v) is 15.7. The van der Waals surface area contributed by atoms with Gasteiger partial charge in [-0.15, -0.1) is 11.3 Å². The summed E-state index contributed by atoms with van der Waals surface area (Å²) in [5, 5.41) is 3.36. The molecule has 3 heterocycles. The Labute approximate surface area is 155 Å². The number of piperidine rings is 1. The van der Waals surface area contributed by atoms with E-state index in [1.807, 2.05) is 29.6 Å². The van der Waals surface area contributed by atoms with Crippen LogP contribution in [0.3, 0.4) is 0 Å². The van der Waals surface area contributed by atoms with Gasteiger partial charge in [-0.2, -0.15) is 0 Å². The third kappa shape index (κ3) is 3.50. The van der Waals surface area contributed by atoms with Crippen LogP contribution in [-0.4, -0.2) is 28.0 Å². The molecule has 1 N–H and O–H groups in total. The molecule has 1 aliphatic heterocycles. The molecule has 0 bridgehead atoms. The van der Waals surface area contributed by atoms with Crippen molar-refractivity contribution in [2.45, 2.75) is 26.3 Å². The van der Waals surface area contributed by atoms with E-state index in [1.165, 1.54) is 24.2 Å². The van der Waals surface area contributed by atoms with E-state index in [4.69, 9.17) is 16.6 Å². The van der Waals surface area contributed by atoms with Crippen LogP contribution in [0.5, 0.6) is 0 Å². The number of aromatic nitrogens is 2. The molecule has 0 amide bonds. The molecule has 25 heavy (non-hydrogen) atoms. The third-order valence-corrected chi connectivity index (χ3v) is 5.89. The average molecular weight is 374 g/mol. The van der Waals surface area contributed by atoms with Crippen LogP contribution in [0.15, 0.2) is 34.4 Å². The minimum atomic E-state index is -0.0590. The number of nitrogens with one attached hydrogen (secondary N) is 1. The predicted molar refractivity (Wildman–Crippen MR) is 104 cm³/mol. The summed E-state index contributed by atoms with van der Waals surface area (Å²) >= 11 is 7.49. The van der Waals surface area contributed by atoms with E-state index in [-0.39, 0.29) is 5.56 Å². The molecule has 0 radical (unpaired) electrons. The number of benzene rings is 1. The number of fused-ring (bicyclic) bond motifs is 1. The molecule has 3 aromatic rings. The van der Waals surface area contributed by atoms with Crippen LogP contribution in [0.25, 0.3) is 21.3 Å². The van der Waals surface area contributed by atoms with Gasteiger partial charge in [0.15, 0.2) is 0 Å². The first kappa shape index (κ1) is 16.8. The first-order valence-corrected chi connectivity index (χ1v) is 9.84. The lowest BCUT2D eigenvalue weighted by Gasteiger charge is -2.30. The van der Waals surface area contributed by atoms with Gasteiger partial charge in [-0.1, -0.05) is 30.7 Å². The topological polar surface area (TPSA) is 49.0 Å². The van der Waals surface area contributed by atoms with Crippen molar-refractivity contribution in [3.8, 4) is 11.1 Å². The van der Waals surface area contributed by atoms with Crippen LogP contribution in [0.4, 0.5) is 0 Å². The Hall–Kier alpha value is -1.69. The lowest BCUT2D eigenvalue weighted by molar-refractivity contribution is 0.173. The quantitative estimate of drug-likeness (QED) is 0.733. The van der Waals surface area contributed by atoms with E-state index < -0.39 is 0 Å². The fourth-order valence-electron chi connectivity index (χ4n) is 3.55. The number of nitrogens with zero attached hydrogens (tertiary/aromatic N) is 2. The van der Waals surface area contributed by atoms with Gasteiger partial charge in [0.25, 0.3) is 5.56 Å². The molecule has 4 rings (SSSR count). The number of thiophene rings is 1. The van der Waals surface area contributed by atoms with E-state index in [9.17, 15) is 4.79 Å². The maximum Gasteiger partial charge on any atom is 0.260 e. The number of aromatic amines is 1. The molecule has 0 saturated carbocycles. The smallest absolute Gasteiger partial charge is 0.260 e. The Morgan fingerprint density at radius 3 is 2.92 bits per heavy atom. The fourth-order valence-corrected chi connectivity index (χ4v) is 4.65. The second-order valence-electron chi connectivity index (χ2n) is 6.83. The highest BCUT2D eigenvalue weighted by Gasteiger charge is 2.18. The van der Waals surface area contributed by atoms with Gasteiger partial charge in [-0.25, -0.2) is 4.98 Å². The van der Waals surface area contributed by atoms with Crippen LogP contribution in [0, 0.1) is 5.92 Å². The zero-order valence-electron chi connectivity index (χ0n) is 14.1. The van der Waals surface area contributed by atoms with Crippen molar-refractivity contribution in [3.63, 3.8) is 0 Å². The number of rotatable bonds is 3. The number of H-pyrrole nitrogens is 1. The van der Waals surface area contributed by atoms with Crippen LogP contribution in [-0.2, 0) is 6.54 Å². The van der Waals surface area contributed by atoms with Crippen molar-refractivity contribution in [1.29, 1.82) is 0 Å². The minimum absolute atomic E-state index is 0.0590. The van der Waals surface area contributed by atoms with Crippen molar-refractivity contribution in [3.05, 3.63) is 50.8 Å². The first-order valence-electron chi connectivity index (χ1n) is 8.59. The molecular weight excluding hydrogens is 354 g/mol. The van der Waals surface area contributed by atoms with Crippen LogP contribution >= 0.6 is 22.9 Å². The lowest BCUT2D eigenvalue weighted by Crippen LogP contribution is -2.34. The summed E-state index contributed by atoms with van der Waals surface area (Å²) < 4.78 is 0. The summed E-state index contributed by atoms with van der Waals surface area (Å²) in [5.41, 5.74) is 1.85. The van der Waals surface area contributed by atoms with E-state index in [0.717, 1.165) is 34.9 Å². The van der Waals surface area contributed by atoms with E-state index in [1.54, 1.807) is 0 Å². The molecule has 1 aromatic carbocycles. The second kappa shape index (κ2) is 6.90. The minimum Gasteiger partial charge on any atom is -0.309 e. The van der Waals surface area contributed by atoms with Gasteiger partial charge in [0.05, 0.1) is 11.9 Å². The predicted octanol–water partition coefficient (Wildman–Crippen LogP) is 4.54. The first-order chi connectivity index (χ1) is 12.1. The largest absolute Gasteiger partial charge is 0.309 e. The zero-order chi connectivity index (χ0) is 17.4. The Morgan fingerprint density at radius 1 is 1.36 bits per heavy atom. The summed E-state index contributed by atoms with van der Waals surface area (Å²) in [5.74, 6) is 1.47. The van der Waals surface area contributed by atoms with Crippen molar-refractivity contribution < 1.29 is 0 Å². The third-order valence-electron chi connectivity index (χ3n) is 4.76. The van der Waals surface area contributed by atoms with Gasteiger partial charge < -0.3 is 4.98 Å². The molecule has 1 saturated heterocycles. The van der Waals surface area contributed by atoms with Crippen LogP contribution in [0.1, 0.15) is 25.6 Å². The summed E-state index contributed by atoms with van der Waals surface area (Å²) in [4.78, 5) is 23.6. The second-order valence-corrected chi connectivity index (χ2v) is 8.13. The monoisotopic (exact) mass is 373 g/mol. The van der Waals surface area contributed by atoms with Gasteiger partial charge in [0, 0.05) is 22.5 Å². The van der Waals surface area contributed by atoms with Gasteiger partial charge in [-0.3, -0.25) is 9.69 Å². The van der Waals surface area contributed by atoms with Gasteiger partial charge >= 0.3 is 0 Å². The Bertz CT molecular complexity index is 947. The van der Waals surface area contributed by atoms with Crippen molar-refractivity contribution in [2.75, 3.05) is 13.1 Å². The number of hydrogen-bond acceptors (Lipinski definition) is 4. The lowest BCUT2D eigenvalue weighted by atomic mass is 10.0. The van der Waals surface area contributed by atoms with Crippen molar-refractivity contribution >= 4 is 33.2 Å². The molecule has 130 valence electrons. The molecule has 6 heteroatoms. The number of hydrogen-bond donors (Lipinski definition) is 1. The standard InChI is InChI=1S/C19H20ClN3OS/c1-12-3-2-8-23(9-12)10-16-21-18(24)17-15(11-25-19(17)22-16)13-4-6-14(20)7-5-13/h4-7,11-12H,2-3,8-10H2,1H3,(H,21,22,24)/t12-/m0/s1. The van der Waals surface area contributed by atoms with Gasteiger partial charge in [0.2, 0.25) is 0 Å². The highest BCUT2D eigenvalue weighted by Crippen LogP contribution is 2.31. The highest BCUT2D eigenvalue weighted by atomic mass is 35.5. The molecule has 1 fully saturated rings. The normalized spacial score (nSPS) is 18.7. The van der Waals surface area contributed by atoms with E-state index in [0.29, 0.717) is 22.9 Å². The Morgan fingerprint density at radius 2 is 2.16 bits per heavy atom. The Kier molecular flexibility index (Phi) is 4.63. The number of halogens is 1. The summed E-state index contributed by atoms with van der Waals surface area (Å²) in [6.07, 6.45) is 2.50. The average Bonchev–Trinajstić information content (AvgIpc) is 3.00. The maximum absolute atomic E-state index is 12.7. The van der Waals surface area contributed by atoms with Gasteiger partial charge in [0.1, 0.15) is 10.7 Å². The molecular formula is C19H20ClN3OS. The fraction of sp³-hybridized carbons (Fsp3) is 0.368. The van der Waals surface area contributed by atoms with Gasteiger partial charge in [-0.05, 0) is 43.0 Å². The molecule has 4 nitrogen and oxygen atoms in total. The number of likely N-dealkylation sites (tertiary alicyclic amines) is 1.